The molecule has 2 N–H and O–H groups in total. The number of rotatable bonds is 2. The van der Waals surface area contributed by atoms with Crippen molar-refractivity contribution in [3.05, 3.63) is 24.3 Å². The molecule has 112 valence electrons. The van der Waals surface area contributed by atoms with E-state index in [4.69, 9.17) is 10.7 Å². The van der Waals surface area contributed by atoms with Gasteiger partial charge in [-0.3, -0.25) is 4.68 Å². The summed E-state index contributed by atoms with van der Waals surface area (Å²) in [5.74, 6) is 1.92. The first-order valence-electron chi connectivity index (χ1n) is 7.86. The maximum absolute atomic E-state index is 6.00. The maximum atomic E-state index is 6.00. The first-order valence-corrected chi connectivity index (χ1v) is 7.86. The Hall–Kier alpha value is -1.91. The Morgan fingerprint density at radius 1 is 1.10 bits per heavy atom. The molecule has 0 saturated heterocycles. The lowest BCUT2D eigenvalue weighted by Crippen LogP contribution is -2.09. The largest absolute Gasteiger partial charge is 0.384 e. The van der Waals surface area contributed by atoms with Crippen molar-refractivity contribution < 1.29 is 0 Å². The summed E-state index contributed by atoms with van der Waals surface area (Å²) in [4.78, 5) is 9.27. The summed E-state index contributed by atoms with van der Waals surface area (Å²) in [5.41, 5.74) is 7.88. The van der Waals surface area contributed by atoms with Crippen molar-refractivity contribution in [2.75, 3.05) is 5.73 Å². The van der Waals surface area contributed by atoms with Crippen LogP contribution in [-0.4, -0.2) is 19.7 Å². The second-order valence-electron chi connectivity index (χ2n) is 5.98. The molecule has 2 aromatic rings. The summed E-state index contributed by atoms with van der Waals surface area (Å²) < 4.78 is 1.78. The van der Waals surface area contributed by atoms with Crippen molar-refractivity contribution in [2.24, 2.45) is 7.05 Å². The predicted molar refractivity (Wildman–Crippen MR) is 83.7 cm³/mol. The highest BCUT2D eigenvalue weighted by molar-refractivity contribution is 5.60. The molecule has 0 aromatic carbocycles. The van der Waals surface area contributed by atoms with E-state index in [0.29, 0.717) is 11.7 Å². The first kappa shape index (κ1) is 14.0. The number of aromatic nitrogens is 4. The van der Waals surface area contributed by atoms with Crippen molar-refractivity contribution in [3.63, 3.8) is 0 Å². The van der Waals surface area contributed by atoms with Gasteiger partial charge in [0.25, 0.3) is 0 Å². The van der Waals surface area contributed by atoms with Crippen LogP contribution >= 0.6 is 0 Å². The average Bonchev–Trinajstić information content (AvgIpc) is 2.84. The lowest BCUT2D eigenvalue weighted by Gasteiger charge is -2.19. The van der Waals surface area contributed by atoms with Crippen LogP contribution in [0.4, 0.5) is 5.82 Å². The monoisotopic (exact) mass is 285 g/mol. The molecule has 0 amide bonds. The van der Waals surface area contributed by atoms with Gasteiger partial charge in [0.1, 0.15) is 11.6 Å². The van der Waals surface area contributed by atoms with Gasteiger partial charge >= 0.3 is 0 Å². The van der Waals surface area contributed by atoms with E-state index >= 15 is 0 Å². The number of nitrogen functional groups attached to an aromatic ring is 1. The van der Waals surface area contributed by atoms with Crippen LogP contribution in [-0.2, 0) is 7.05 Å². The molecular weight excluding hydrogens is 262 g/mol. The summed E-state index contributed by atoms with van der Waals surface area (Å²) >= 11 is 0. The van der Waals surface area contributed by atoms with E-state index in [9.17, 15) is 0 Å². The van der Waals surface area contributed by atoms with Crippen LogP contribution in [0.15, 0.2) is 18.5 Å². The molecule has 2 aromatic heterocycles. The Bertz CT molecular complexity index is 596. The second-order valence-corrected chi connectivity index (χ2v) is 5.98. The molecule has 0 aliphatic heterocycles. The van der Waals surface area contributed by atoms with E-state index in [1.54, 1.807) is 4.68 Å². The van der Waals surface area contributed by atoms with Crippen molar-refractivity contribution in [2.45, 2.75) is 50.9 Å². The molecule has 0 radical (unpaired) electrons. The smallest absolute Gasteiger partial charge is 0.134 e. The van der Waals surface area contributed by atoms with Gasteiger partial charge in [-0.25, -0.2) is 9.97 Å². The SMILES string of the molecule is Cn1cc(-c2cc(N)nc(C3CCCCCCC3)n2)cn1. The molecule has 3 rings (SSSR count). The van der Waals surface area contributed by atoms with E-state index < -0.39 is 0 Å². The van der Waals surface area contributed by atoms with E-state index in [-0.39, 0.29) is 0 Å². The molecule has 0 atom stereocenters. The minimum atomic E-state index is 0.448. The Labute approximate surface area is 125 Å². The topological polar surface area (TPSA) is 69.6 Å². The highest BCUT2D eigenvalue weighted by Gasteiger charge is 2.18. The number of hydrogen-bond donors (Lipinski definition) is 1. The van der Waals surface area contributed by atoms with Gasteiger partial charge in [0, 0.05) is 30.8 Å². The van der Waals surface area contributed by atoms with Crippen LogP contribution in [0.25, 0.3) is 11.3 Å². The number of nitrogens with zero attached hydrogens (tertiary/aromatic N) is 4. The van der Waals surface area contributed by atoms with E-state index in [0.717, 1.165) is 17.1 Å². The molecule has 5 nitrogen and oxygen atoms in total. The van der Waals surface area contributed by atoms with E-state index in [2.05, 4.69) is 10.1 Å². The van der Waals surface area contributed by atoms with Gasteiger partial charge in [-0.2, -0.15) is 5.10 Å². The second kappa shape index (κ2) is 6.24. The van der Waals surface area contributed by atoms with Crippen LogP contribution < -0.4 is 5.73 Å². The summed E-state index contributed by atoms with van der Waals surface area (Å²) in [7, 11) is 1.91. The van der Waals surface area contributed by atoms with Crippen LogP contribution in [0.2, 0.25) is 0 Å². The molecule has 2 heterocycles. The first-order chi connectivity index (χ1) is 10.2. The quantitative estimate of drug-likeness (QED) is 0.919. The molecule has 0 spiro atoms. The van der Waals surface area contributed by atoms with Crippen LogP contribution in [0.5, 0.6) is 0 Å². The summed E-state index contributed by atoms with van der Waals surface area (Å²) in [6, 6.07) is 1.84. The number of hydrogen-bond acceptors (Lipinski definition) is 4. The van der Waals surface area contributed by atoms with Gasteiger partial charge in [-0.1, -0.05) is 32.1 Å². The molecule has 0 unspecified atom stereocenters. The Morgan fingerprint density at radius 3 is 2.48 bits per heavy atom. The van der Waals surface area contributed by atoms with Gasteiger partial charge in [0.2, 0.25) is 0 Å². The van der Waals surface area contributed by atoms with Gasteiger partial charge in [-0.05, 0) is 12.8 Å². The van der Waals surface area contributed by atoms with Gasteiger partial charge in [0.05, 0.1) is 11.9 Å². The molecular formula is C16H23N5. The molecule has 21 heavy (non-hydrogen) atoms. The third-order valence-electron chi connectivity index (χ3n) is 4.23. The summed E-state index contributed by atoms with van der Waals surface area (Å²) in [6.07, 6.45) is 12.7. The van der Waals surface area contributed by atoms with Crippen molar-refractivity contribution in [1.29, 1.82) is 0 Å². The zero-order chi connectivity index (χ0) is 14.7. The Kier molecular flexibility index (Phi) is 4.18. The van der Waals surface area contributed by atoms with Crippen LogP contribution in [0.1, 0.15) is 56.7 Å². The van der Waals surface area contributed by atoms with Gasteiger partial charge < -0.3 is 5.73 Å². The van der Waals surface area contributed by atoms with E-state index in [1.807, 2.05) is 25.5 Å². The zero-order valence-corrected chi connectivity index (χ0v) is 12.6. The van der Waals surface area contributed by atoms with Crippen molar-refractivity contribution in [1.82, 2.24) is 19.7 Å². The zero-order valence-electron chi connectivity index (χ0n) is 12.6. The average molecular weight is 285 g/mol. The van der Waals surface area contributed by atoms with E-state index in [1.165, 1.54) is 44.9 Å². The fraction of sp³-hybridized carbons (Fsp3) is 0.562. The fourth-order valence-electron chi connectivity index (χ4n) is 3.08. The highest BCUT2D eigenvalue weighted by atomic mass is 15.2. The highest BCUT2D eigenvalue weighted by Crippen LogP contribution is 2.30. The van der Waals surface area contributed by atoms with Crippen molar-refractivity contribution in [3.8, 4) is 11.3 Å². The molecule has 0 bridgehead atoms. The molecule has 1 saturated carbocycles. The number of anilines is 1. The van der Waals surface area contributed by atoms with Gasteiger partial charge in [0.15, 0.2) is 0 Å². The predicted octanol–water partition coefficient (Wildman–Crippen LogP) is 3.29. The molecule has 1 aliphatic rings. The number of aryl methyl sites for hydroxylation is 1. The summed E-state index contributed by atoms with van der Waals surface area (Å²) in [6.45, 7) is 0. The molecule has 1 fully saturated rings. The lowest BCUT2D eigenvalue weighted by molar-refractivity contribution is 0.443. The van der Waals surface area contributed by atoms with Crippen LogP contribution in [0.3, 0.4) is 0 Å². The minimum Gasteiger partial charge on any atom is -0.384 e. The molecule has 1 aliphatic carbocycles. The van der Waals surface area contributed by atoms with Crippen LogP contribution in [0, 0.1) is 0 Å². The third-order valence-corrected chi connectivity index (χ3v) is 4.23. The normalized spacial score (nSPS) is 17.4. The van der Waals surface area contributed by atoms with Gasteiger partial charge in [-0.15, -0.1) is 0 Å². The summed E-state index contributed by atoms with van der Waals surface area (Å²) in [5, 5.41) is 4.21. The fourth-order valence-corrected chi connectivity index (χ4v) is 3.08. The standard InChI is InChI=1S/C16H23N5/c1-21-11-13(10-18-21)14-9-15(17)20-16(19-14)12-7-5-3-2-4-6-8-12/h9-12H,2-8H2,1H3,(H2,17,19,20). The maximum Gasteiger partial charge on any atom is 0.134 e. The lowest BCUT2D eigenvalue weighted by atomic mass is 9.90. The molecule has 5 heteroatoms. The minimum absolute atomic E-state index is 0.448. The Morgan fingerprint density at radius 2 is 1.81 bits per heavy atom. The Balaban J connectivity index is 1.89. The third kappa shape index (κ3) is 3.40. The number of nitrogens with two attached hydrogens (primary N) is 1. The van der Waals surface area contributed by atoms with Crippen molar-refractivity contribution >= 4 is 5.82 Å².